The number of aliphatic hydroxyl groups excluding tert-OH is 1. The van der Waals surface area contributed by atoms with Gasteiger partial charge < -0.3 is 17.0 Å². The number of para-hydroxylation sites is 1. The van der Waals surface area contributed by atoms with Crippen LogP contribution in [0.4, 0.5) is 0 Å². The number of nitrogens with one attached hydrogen (secondary N) is 1. The van der Waals surface area contributed by atoms with Crippen LogP contribution in [-0.2, 0) is 32.7 Å². The molecule has 0 fully saturated rings. The van der Waals surface area contributed by atoms with Crippen molar-refractivity contribution >= 4 is 16.7 Å². The van der Waals surface area contributed by atoms with Crippen molar-refractivity contribution in [2.45, 2.75) is 20.0 Å². The van der Waals surface area contributed by atoms with Crippen molar-refractivity contribution < 1.29 is 42.6 Å². The molecule has 2 N–H and O–H groups in total. The fraction of sp³-hybridized carbons (Fsp3) is 0.231. The summed E-state index contributed by atoms with van der Waals surface area (Å²) in [6.07, 6.45) is 0.399. The van der Waals surface area contributed by atoms with Gasteiger partial charge in [0.1, 0.15) is 0 Å². The summed E-state index contributed by atoms with van der Waals surface area (Å²) in [5.41, 5.74) is 1.37. The number of aromatic nitrogens is 1. The minimum atomic E-state index is -1.20. The van der Waals surface area contributed by atoms with Crippen molar-refractivity contribution in [3.63, 3.8) is 0 Å². The second-order valence-electron chi connectivity index (χ2n) is 3.13. The third kappa shape index (κ3) is 3.73. The summed E-state index contributed by atoms with van der Waals surface area (Å²) in [7, 11) is 0. The van der Waals surface area contributed by atoms with E-state index in [1.54, 1.807) is 6.20 Å². The molecule has 1 heterocycles. The SMILES string of the molecule is CC.[CH2-]C(O)C(=O)c1c[nH]c2ccccc12.[Y]. The van der Waals surface area contributed by atoms with Crippen molar-refractivity contribution in [2.75, 3.05) is 0 Å². The van der Waals surface area contributed by atoms with Gasteiger partial charge in [-0.1, -0.05) is 32.0 Å². The normalized spacial score (nSPS) is 11.1. The zero-order valence-electron chi connectivity index (χ0n) is 10.1. The molecular weight excluding hydrogens is 291 g/mol. The van der Waals surface area contributed by atoms with Crippen molar-refractivity contribution in [1.82, 2.24) is 4.98 Å². The Kier molecular flexibility index (Phi) is 7.52. The van der Waals surface area contributed by atoms with Gasteiger partial charge in [0, 0.05) is 55.4 Å². The molecule has 0 saturated heterocycles. The van der Waals surface area contributed by atoms with Crippen LogP contribution in [0.5, 0.6) is 0 Å². The van der Waals surface area contributed by atoms with Gasteiger partial charge in [-0.15, -0.1) is 0 Å². The molecule has 3 nitrogen and oxygen atoms in total. The second kappa shape index (κ2) is 7.75. The molecule has 1 aromatic heterocycles. The zero-order chi connectivity index (χ0) is 12.1. The first kappa shape index (κ1) is 16.5. The smallest absolute Gasteiger partial charge is 0.162 e. The minimum Gasteiger partial charge on any atom is -0.417 e. The quantitative estimate of drug-likeness (QED) is 0.662. The molecule has 2 rings (SSSR count). The third-order valence-corrected chi connectivity index (χ3v) is 2.16. The summed E-state index contributed by atoms with van der Waals surface area (Å²) in [5.74, 6) is -0.359. The average molecular weight is 307 g/mol. The van der Waals surface area contributed by atoms with Gasteiger partial charge in [-0.25, -0.2) is 0 Å². The van der Waals surface area contributed by atoms with Gasteiger partial charge in [0.2, 0.25) is 0 Å². The van der Waals surface area contributed by atoms with E-state index in [0.29, 0.717) is 5.56 Å². The topological polar surface area (TPSA) is 53.1 Å². The Morgan fingerprint density at radius 3 is 2.53 bits per heavy atom. The molecule has 1 aromatic carbocycles. The molecule has 0 bridgehead atoms. The Hall–Kier alpha value is -0.506. The Bertz CT molecular complexity index is 477. The van der Waals surface area contributed by atoms with Crippen molar-refractivity contribution in [1.29, 1.82) is 0 Å². The average Bonchev–Trinajstić information content (AvgIpc) is 2.74. The number of benzene rings is 1. The third-order valence-electron chi connectivity index (χ3n) is 2.16. The van der Waals surface area contributed by atoms with Gasteiger partial charge in [0.05, 0.1) is 0 Å². The van der Waals surface area contributed by atoms with Gasteiger partial charge in [-0.05, 0) is 12.2 Å². The molecule has 0 spiro atoms. The van der Waals surface area contributed by atoms with E-state index < -0.39 is 6.10 Å². The number of carbonyl (C=O) groups excluding carboxylic acids is 1. The first-order valence-corrected chi connectivity index (χ1v) is 5.31. The molecule has 0 aliphatic rings. The van der Waals surface area contributed by atoms with Gasteiger partial charge in [0.25, 0.3) is 0 Å². The Balaban J connectivity index is 0.000000811. The molecule has 0 aliphatic heterocycles. The van der Waals surface area contributed by atoms with Crippen LogP contribution in [0.3, 0.4) is 0 Å². The maximum atomic E-state index is 11.5. The van der Waals surface area contributed by atoms with Crippen LogP contribution in [0, 0.1) is 6.92 Å². The maximum Gasteiger partial charge on any atom is 0.162 e. The number of hydrogen-bond donors (Lipinski definition) is 2. The van der Waals surface area contributed by atoms with Crippen LogP contribution >= 0.6 is 0 Å². The van der Waals surface area contributed by atoms with Crippen LogP contribution in [-0.4, -0.2) is 22.0 Å². The predicted molar refractivity (Wildman–Crippen MR) is 65.3 cm³/mol. The minimum absolute atomic E-state index is 0. The van der Waals surface area contributed by atoms with E-state index in [1.807, 2.05) is 38.1 Å². The molecule has 17 heavy (non-hydrogen) atoms. The molecular formula is C13H16NO2Y-. The summed E-state index contributed by atoms with van der Waals surface area (Å²) in [5, 5.41) is 9.90. The molecule has 1 radical (unpaired) electrons. The van der Waals surface area contributed by atoms with E-state index in [9.17, 15) is 4.79 Å². The van der Waals surface area contributed by atoms with Crippen molar-refractivity contribution in [3.05, 3.63) is 42.9 Å². The number of Topliss-reactive ketones (excluding diaryl/α,β-unsaturated/α-hetero) is 1. The standard InChI is InChI=1S/C11H10NO2.C2H6.Y/c1-7(13)11(14)9-6-12-10-5-3-2-4-8(9)10;1-2;/h2-7,12-13H,1H2;1-2H3;/q-1;;. The zero-order valence-corrected chi connectivity index (χ0v) is 12.9. The Labute approximate surface area is 126 Å². The number of hydrogen-bond acceptors (Lipinski definition) is 2. The summed E-state index contributed by atoms with van der Waals surface area (Å²) < 4.78 is 0. The summed E-state index contributed by atoms with van der Waals surface area (Å²) >= 11 is 0. The first-order valence-electron chi connectivity index (χ1n) is 5.31. The molecule has 1 atom stereocenters. The van der Waals surface area contributed by atoms with E-state index in [4.69, 9.17) is 5.11 Å². The van der Waals surface area contributed by atoms with E-state index in [0.717, 1.165) is 10.9 Å². The molecule has 0 aliphatic carbocycles. The van der Waals surface area contributed by atoms with Crippen LogP contribution in [0.1, 0.15) is 24.2 Å². The fourth-order valence-electron chi connectivity index (χ4n) is 1.45. The molecule has 2 aromatic rings. The molecule has 4 heteroatoms. The van der Waals surface area contributed by atoms with E-state index in [2.05, 4.69) is 11.9 Å². The molecule has 1 unspecified atom stereocenters. The first-order chi connectivity index (χ1) is 7.70. The van der Waals surface area contributed by atoms with Crippen LogP contribution in [0.25, 0.3) is 10.9 Å². The van der Waals surface area contributed by atoms with Crippen molar-refractivity contribution in [3.8, 4) is 0 Å². The van der Waals surface area contributed by atoms with Crippen LogP contribution in [0.15, 0.2) is 30.5 Å². The van der Waals surface area contributed by atoms with Crippen LogP contribution < -0.4 is 0 Å². The number of rotatable bonds is 2. The summed E-state index contributed by atoms with van der Waals surface area (Å²) in [6.45, 7) is 7.29. The largest absolute Gasteiger partial charge is 0.417 e. The number of aliphatic hydroxyl groups is 1. The van der Waals surface area contributed by atoms with Crippen LogP contribution in [0.2, 0.25) is 0 Å². The fourth-order valence-corrected chi connectivity index (χ4v) is 1.45. The number of H-pyrrole nitrogens is 1. The Morgan fingerprint density at radius 2 is 1.94 bits per heavy atom. The molecule has 0 saturated carbocycles. The van der Waals surface area contributed by atoms with E-state index >= 15 is 0 Å². The number of aromatic amines is 1. The number of ketones is 1. The maximum absolute atomic E-state index is 11.5. The molecule has 89 valence electrons. The van der Waals surface area contributed by atoms with E-state index in [-0.39, 0.29) is 38.5 Å². The monoisotopic (exact) mass is 307 g/mol. The number of fused-ring (bicyclic) bond motifs is 1. The molecule has 0 amide bonds. The summed E-state index contributed by atoms with van der Waals surface area (Å²) in [6, 6.07) is 7.44. The van der Waals surface area contributed by atoms with Crippen molar-refractivity contribution in [2.24, 2.45) is 0 Å². The second-order valence-corrected chi connectivity index (χ2v) is 3.13. The van der Waals surface area contributed by atoms with Gasteiger partial charge in [0.15, 0.2) is 5.78 Å². The van der Waals surface area contributed by atoms with E-state index in [1.165, 1.54) is 0 Å². The summed E-state index contributed by atoms with van der Waals surface area (Å²) in [4.78, 5) is 14.5. The predicted octanol–water partition coefficient (Wildman–Crippen LogP) is 2.57. The van der Waals surface area contributed by atoms with Gasteiger partial charge >= 0.3 is 0 Å². The van der Waals surface area contributed by atoms with Gasteiger partial charge in [-0.2, -0.15) is 0 Å². The Morgan fingerprint density at radius 1 is 1.35 bits per heavy atom. The van der Waals surface area contributed by atoms with Gasteiger partial charge in [-0.3, -0.25) is 4.79 Å². The number of carbonyl (C=O) groups is 1.